The molecule has 0 radical (unpaired) electrons. The van der Waals surface area contributed by atoms with Crippen LogP contribution in [-0.4, -0.2) is 29.9 Å². The van der Waals surface area contributed by atoms with Gasteiger partial charge in [-0.05, 0) is 44.0 Å². The molecule has 0 saturated heterocycles. The van der Waals surface area contributed by atoms with Gasteiger partial charge in [0.1, 0.15) is 0 Å². The number of sulfonamides is 1. The summed E-state index contributed by atoms with van der Waals surface area (Å²) in [5.41, 5.74) is 1.47. The van der Waals surface area contributed by atoms with Crippen molar-refractivity contribution in [1.82, 2.24) is 4.31 Å². The Morgan fingerprint density at radius 3 is 2.52 bits per heavy atom. The quantitative estimate of drug-likeness (QED) is 0.802. The smallest absolute Gasteiger partial charge is 0.268 e. The predicted octanol–water partition coefficient (Wildman–Crippen LogP) is 3.85. The molecule has 0 aromatic heterocycles. The maximum atomic E-state index is 13.3. The Labute approximate surface area is 152 Å². The lowest BCUT2D eigenvalue weighted by Crippen LogP contribution is -2.46. The highest BCUT2D eigenvalue weighted by molar-refractivity contribution is 8.00. The highest BCUT2D eigenvalue weighted by Crippen LogP contribution is 2.44. The SMILES string of the molecule is Cc1ccc(S(=O)(=O)N2C(=O)c3ccccc3S[C@@H]3CCC[C@H]32)cc1. The first-order valence-corrected chi connectivity index (χ1v) is 10.7. The number of hydrogen-bond acceptors (Lipinski definition) is 4. The van der Waals surface area contributed by atoms with Crippen LogP contribution in [0.1, 0.15) is 35.2 Å². The molecule has 0 N–H and O–H groups in total. The maximum Gasteiger partial charge on any atom is 0.269 e. The van der Waals surface area contributed by atoms with Crippen LogP contribution in [0, 0.1) is 6.92 Å². The number of rotatable bonds is 2. The van der Waals surface area contributed by atoms with Gasteiger partial charge in [-0.15, -0.1) is 11.8 Å². The van der Waals surface area contributed by atoms with Gasteiger partial charge >= 0.3 is 0 Å². The van der Waals surface area contributed by atoms with Crippen molar-refractivity contribution in [3.8, 4) is 0 Å². The van der Waals surface area contributed by atoms with Gasteiger partial charge in [0, 0.05) is 10.1 Å². The number of benzene rings is 2. The second-order valence-electron chi connectivity index (χ2n) is 6.57. The molecule has 25 heavy (non-hydrogen) atoms. The highest BCUT2D eigenvalue weighted by atomic mass is 32.2. The molecule has 2 aromatic rings. The van der Waals surface area contributed by atoms with Crippen molar-refractivity contribution in [1.29, 1.82) is 0 Å². The van der Waals surface area contributed by atoms with Gasteiger partial charge < -0.3 is 0 Å². The van der Waals surface area contributed by atoms with Crippen LogP contribution < -0.4 is 0 Å². The zero-order valence-electron chi connectivity index (χ0n) is 13.9. The molecule has 2 atom stereocenters. The van der Waals surface area contributed by atoms with Gasteiger partial charge in [0.05, 0.1) is 16.5 Å². The van der Waals surface area contributed by atoms with Gasteiger partial charge in [-0.2, -0.15) is 0 Å². The highest BCUT2D eigenvalue weighted by Gasteiger charge is 2.45. The summed E-state index contributed by atoms with van der Waals surface area (Å²) >= 11 is 1.64. The Morgan fingerprint density at radius 1 is 1.04 bits per heavy atom. The Kier molecular flexibility index (Phi) is 4.12. The standard InChI is InChI=1S/C19H19NO3S2/c1-13-9-11-14(12-10-13)25(22,23)20-16-6-4-8-18(16)24-17-7-3-2-5-15(17)19(20)21/h2-3,5,7,9-12,16,18H,4,6,8H2,1H3/t16-,18-/m1/s1. The van der Waals surface area contributed by atoms with Crippen molar-refractivity contribution >= 4 is 27.7 Å². The molecule has 4 nitrogen and oxygen atoms in total. The minimum Gasteiger partial charge on any atom is -0.268 e. The van der Waals surface area contributed by atoms with Crippen LogP contribution >= 0.6 is 11.8 Å². The molecule has 1 aliphatic carbocycles. The van der Waals surface area contributed by atoms with Gasteiger partial charge in [0.15, 0.2) is 0 Å². The lowest BCUT2D eigenvalue weighted by molar-refractivity contribution is 0.0824. The van der Waals surface area contributed by atoms with E-state index < -0.39 is 15.9 Å². The van der Waals surface area contributed by atoms with Crippen molar-refractivity contribution < 1.29 is 13.2 Å². The summed E-state index contributed by atoms with van der Waals surface area (Å²) in [7, 11) is -3.88. The summed E-state index contributed by atoms with van der Waals surface area (Å²) in [4.78, 5) is 14.3. The average molecular weight is 373 g/mol. The molecular weight excluding hydrogens is 354 g/mol. The van der Waals surface area contributed by atoms with E-state index >= 15 is 0 Å². The summed E-state index contributed by atoms with van der Waals surface area (Å²) in [5.74, 6) is -0.405. The van der Waals surface area contributed by atoms with E-state index in [1.54, 1.807) is 48.2 Å². The molecule has 0 spiro atoms. The Bertz CT molecular complexity index is 922. The van der Waals surface area contributed by atoms with Crippen LogP contribution in [0.25, 0.3) is 0 Å². The minimum absolute atomic E-state index is 0.118. The molecule has 1 heterocycles. The zero-order valence-corrected chi connectivity index (χ0v) is 15.5. The van der Waals surface area contributed by atoms with E-state index in [9.17, 15) is 13.2 Å². The maximum absolute atomic E-state index is 13.3. The van der Waals surface area contributed by atoms with Crippen molar-refractivity contribution in [2.45, 2.75) is 47.3 Å². The number of hydrogen-bond donors (Lipinski definition) is 0. The van der Waals surface area contributed by atoms with Crippen LogP contribution in [0.15, 0.2) is 58.3 Å². The van der Waals surface area contributed by atoms with Gasteiger partial charge in [-0.25, -0.2) is 12.7 Å². The third-order valence-electron chi connectivity index (χ3n) is 4.89. The van der Waals surface area contributed by atoms with Crippen molar-refractivity contribution in [3.05, 3.63) is 59.7 Å². The van der Waals surface area contributed by atoms with Gasteiger partial charge in [-0.3, -0.25) is 4.79 Å². The molecule has 0 unspecified atom stereocenters. The Balaban J connectivity index is 1.86. The van der Waals surface area contributed by atoms with Crippen LogP contribution in [-0.2, 0) is 10.0 Å². The molecular formula is C19H19NO3S2. The van der Waals surface area contributed by atoms with E-state index in [0.29, 0.717) is 5.56 Å². The van der Waals surface area contributed by atoms with Crippen LogP contribution in [0.3, 0.4) is 0 Å². The number of carbonyl (C=O) groups is 1. The van der Waals surface area contributed by atoms with Crippen LogP contribution in [0.5, 0.6) is 0 Å². The van der Waals surface area contributed by atoms with Crippen molar-refractivity contribution in [2.75, 3.05) is 0 Å². The van der Waals surface area contributed by atoms with Crippen molar-refractivity contribution in [3.63, 3.8) is 0 Å². The molecule has 0 bridgehead atoms. The summed E-state index contributed by atoms with van der Waals surface area (Å²) < 4.78 is 27.8. The second kappa shape index (κ2) is 6.18. The summed E-state index contributed by atoms with van der Waals surface area (Å²) in [6.07, 6.45) is 2.59. The first-order chi connectivity index (χ1) is 12.0. The summed E-state index contributed by atoms with van der Waals surface area (Å²) in [5, 5.41) is 0.118. The molecule has 1 saturated carbocycles. The lowest BCUT2D eigenvalue weighted by Gasteiger charge is -2.29. The Morgan fingerprint density at radius 2 is 1.76 bits per heavy atom. The fourth-order valence-electron chi connectivity index (χ4n) is 3.60. The van der Waals surface area contributed by atoms with E-state index in [-0.39, 0.29) is 16.2 Å². The largest absolute Gasteiger partial charge is 0.269 e. The topological polar surface area (TPSA) is 54.5 Å². The first kappa shape index (κ1) is 16.7. The second-order valence-corrected chi connectivity index (χ2v) is 9.67. The third kappa shape index (κ3) is 2.77. The summed E-state index contributed by atoms with van der Waals surface area (Å²) in [6, 6.07) is 13.8. The normalized spacial score (nSPS) is 23.1. The molecule has 1 amide bonds. The monoisotopic (exact) mass is 373 g/mol. The van der Waals surface area contributed by atoms with Gasteiger partial charge in [0.2, 0.25) is 0 Å². The zero-order chi connectivity index (χ0) is 17.6. The molecule has 2 aromatic carbocycles. The van der Waals surface area contributed by atoms with Gasteiger partial charge in [-0.1, -0.05) is 36.2 Å². The predicted molar refractivity (Wildman–Crippen MR) is 98.3 cm³/mol. The fourth-order valence-corrected chi connectivity index (χ4v) is 6.78. The Hall–Kier alpha value is -1.79. The molecule has 1 fully saturated rings. The summed E-state index contributed by atoms with van der Waals surface area (Å²) in [6.45, 7) is 1.91. The number of carbonyl (C=O) groups excluding carboxylic acids is 1. The van der Waals surface area contributed by atoms with Crippen molar-refractivity contribution in [2.24, 2.45) is 0 Å². The fraction of sp³-hybridized carbons (Fsp3) is 0.316. The average Bonchev–Trinajstić information content (AvgIpc) is 2.98. The third-order valence-corrected chi connectivity index (χ3v) is 8.18. The number of amides is 1. The molecule has 1 aliphatic heterocycles. The van der Waals surface area contributed by atoms with E-state index in [2.05, 4.69) is 0 Å². The van der Waals surface area contributed by atoms with E-state index in [4.69, 9.17) is 0 Å². The van der Waals surface area contributed by atoms with E-state index in [1.807, 2.05) is 19.1 Å². The number of nitrogens with zero attached hydrogens (tertiary/aromatic N) is 1. The lowest BCUT2D eigenvalue weighted by atomic mass is 10.2. The molecule has 2 aliphatic rings. The first-order valence-electron chi connectivity index (χ1n) is 8.39. The van der Waals surface area contributed by atoms with Crippen LogP contribution in [0.4, 0.5) is 0 Å². The minimum atomic E-state index is -3.88. The molecule has 6 heteroatoms. The number of fused-ring (bicyclic) bond motifs is 2. The molecule has 130 valence electrons. The van der Waals surface area contributed by atoms with E-state index in [1.165, 1.54) is 0 Å². The van der Waals surface area contributed by atoms with Gasteiger partial charge in [0.25, 0.3) is 15.9 Å². The molecule has 4 rings (SSSR count). The number of aryl methyl sites for hydroxylation is 1. The van der Waals surface area contributed by atoms with Crippen LogP contribution in [0.2, 0.25) is 0 Å². The van der Waals surface area contributed by atoms with E-state index in [0.717, 1.165) is 34.0 Å². The number of thioether (sulfide) groups is 1.